The molecule has 0 saturated carbocycles. The monoisotopic (exact) mass is 350 g/mol. The fourth-order valence-corrected chi connectivity index (χ4v) is 2.79. The fraction of sp³-hybridized carbons (Fsp3) is 0.312. The zero-order valence-electron chi connectivity index (χ0n) is 13.5. The highest BCUT2D eigenvalue weighted by atomic mass is 32.1. The molecule has 1 aromatic heterocycles. The van der Waals surface area contributed by atoms with Gasteiger partial charge < -0.3 is 14.6 Å². The van der Waals surface area contributed by atoms with Crippen LogP contribution in [0.5, 0.6) is 11.5 Å². The van der Waals surface area contributed by atoms with E-state index in [0.29, 0.717) is 16.6 Å². The zero-order valence-corrected chi connectivity index (χ0v) is 14.3. The van der Waals surface area contributed by atoms with Gasteiger partial charge in [-0.2, -0.15) is 0 Å². The van der Waals surface area contributed by atoms with Crippen molar-refractivity contribution in [2.45, 2.75) is 26.4 Å². The summed E-state index contributed by atoms with van der Waals surface area (Å²) >= 11 is 1.22. The number of hydrogen-bond donors (Lipinski definition) is 2. The Morgan fingerprint density at radius 2 is 2.00 bits per heavy atom. The SMILES string of the molecule is COC(=O)Cc1sc(NC(=O)C(C)Oc2ccc(O)cc2)nc1C. The first-order valence-electron chi connectivity index (χ1n) is 7.18. The van der Waals surface area contributed by atoms with Gasteiger partial charge in [0.25, 0.3) is 5.91 Å². The predicted molar refractivity (Wildman–Crippen MR) is 89.4 cm³/mol. The lowest BCUT2D eigenvalue weighted by Gasteiger charge is -2.13. The van der Waals surface area contributed by atoms with Gasteiger partial charge in [0.05, 0.1) is 19.2 Å². The van der Waals surface area contributed by atoms with Gasteiger partial charge in [0.1, 0.15) is 11.5 Å². The second-order valence-corrected chi connectivity index (χ2v) is 6.11. The molecular weight excluding hydrogens is 332 g/mol. The summed E-state index contributed by atoms with van der Waals surface area (Å²) < 4.78 is 10.1. The van der Waals surface area contributed by atoms with Gasteiger partial charge in [-0.25, -0.2) is 4.98 Å². The number of thiazole rings is 1. The maximum atomic E-state index is 12.2. The van der Waals surface area contributed by atoms with Crippen LogP contribution in [0.1, 0.15) is 17.5 Å². The maximum absolute atomic E-state index is 12.2. The molecule has 0 fully saturated rings. The number of amides is 1. The number of carbonyl (C=O) groups excluding carboxylic acids is 2. The molecule has 1 atom stereocenters. The lowest BCUT2D eigenvalue weighted by molar-refractivity contribution is -0.139. The van der Waals surface area contributed by atoms with E-state index >= 15 is 0 Å². The van der Waals surface area contributed by atoms with Crippen LogP contribution < -0.4 is 10.1 Å². The van der Waals surface area contributed by atoms with E-state index in [-0.39, 0.29) is 24.0 Å². The first-order chi connectivity index (χ1) is 11.4. The molecule has 0 aliphatic heterocycles. The number of nitrogens with one attached hydrogen (secondary N) is 1. The molecule has 1 amide bonds. The average Bonchev–Trinajstić information content (AvgIpc) is 2.88. The molecule has 2 rings (SSSR count). The number of ether oxygens (including phenoxy) is 2. The van der Waals surface area contributed by atoms with Crippen LogP contribution in [0.3, 0.4) is 0 Å². The molecule has 0 aliphatic rings. The number of nitrogens with zero attached hydrogens (tertiary/aromatic N) is 1. The van der Waals surface area contributed by atoms with Crippen molar-refractivity contribution >= 4 is 28.3 Å². The molecule has 7 nitrogen and oxygen atoms in total. The number of aromatic nitrogens is 1. The van der Waals surface area contributed by atoms with Crippen molar-refractivity contribution in [3.05, 3.63) is 34.8 Å². The number of anilines is 1. The Balaban J connectivity index is 1.97. The van der Waals surface area contributed by atoms with E-state index in [1.165, 1.54) is 30.6 Å². The third-order valence-electron chi connectivity index (χ3n) is 3.17. The van der Waals surface area contributed by atoms with Crippen LogP contribution in [0.15, 0.2) is 24.3 Å². The summed E-state index contributed by atoms with van der Waals surface area (Å²) in [6.45, 7) is 3.37. The van der Waals surface area contributed by atoms with E-state index in [1.807, 2.05) is 0 Å². The van der Waals surface area contributed by atoms with Crippen molar-refractivity contribution in [2.24, 2.45) is 0 Å². The van der Waals surface area contributed by atoms with Crippen molar-refractivity contribution in [3.8, 4) is 11.5 Å². The molecule has 8 heteroatoms. The van der Waals surface area contributed by atoms with E-state index in [1.54, 1.807) is 26.0 Å². The van der Waals surface area contributed by atoms with Gasteiger partial charge in [0.15, 0.2) is 11.2 Å². The Morgan fingerprint density at radius 1 is 1.33 bits per heavy atom. The van der Waals surface area contributed by atoms with E-state index in [0.717, 1.165) is 4.88 Å². The predicted octanol–water partition coefficient (Wildman–Crippen LogP) is 2.28. The summed E-state index contributed by atoms with van der Waals surface area (Å²) in [5.41, 5.74) is 0.674. The van der Waals surface area contributed by atoms with Gasteiger partial charge in [-0.05, 0) is 38.1 Å². The van der Waals surface area contributed by atoms with Crippen LogP contribution in [0.2, 0.25) is 0 Å². The summed E-state index contributed by atoms with van der Waals surface area (Å²) in [6, 6.07) is 6.09. The second-order valence-electron chi connectivity index (χ2n) is 5.02. The summed E-state index contributed by atoms with van der Waals surface area (Å²) in [5.74, 6) is -0.127. The van der Waals surface area contributed by atoms with E-state index in [9.17, 15) is 14.7 Å². The Morgan fingerprint density at radius 3 is 2.62 bits per heavy atom. The Labute approximate surface area is 143 Å². The number of rotatable bonds is 6. The summed E-state index contributed by atoms with van der Waals surface area (Å²) in [7, 11) is 1.32. The molecule has 0 saturated heterocycles. The number of hydrogen-bond acceptors (Lipinski definition) is 7. The number of phenols is 1. The quantitative estimate of drug-likeness (QED) is 0.776. The highest BCUT2D eigenvalue weighted by molar-refractivity contribution is 7.16. The van der Waals surface area contributed by atoms with Gasteiger partial charge in [-0.1, -0.05) is 0 Å². The summed E-state index contributed by atoms with van der Waals surface area (Å²) in [5, 5.41) is 12.3. The van der Waals surface area contributed by atoms with Crippen molar-refractivity contribution < 1.29 is 24.2 Å². The highest BCUT2D eigenvalue weighted by Crippen LogP contribution is 2.24. The number of aromatic hydroxyl groups is 1. The van der Waals surface area contributed by atoms with Gasteiger partial charge in [0.2, 0.25) is 0 Å². The van der Waals surface area contributed by atoms with E-state index in [2.05, 4.69) is 15.0 Å². The van der Waals surface area contributed by atoms with Crippen LogP contribution in [-0.4, -0.2) is 35.2 Å². The first-order valence-corrected chi connectivity index (χ1v) is 8.00. The number of phenolic OH excluding ortho intramolecular Hbond substituents is 1. The highest BCUT2D eigenvalue weighted by Gasteiger charge is 2.18. The summed E-state index contributed by atoms with van der Waals surface area (Å²) in [4.78, 5) is 28.5. The molecule has 128 valence electrons. The zero-order chi connectivity index (χ0) is 17.7. The summed E-state index contributed by atoms with van der Waals surface area (Å²) in [6.07, 6.45) is -0.627. The molecule has 0 aliphatic carbocycles. The normalized spacial score (nSPS) is 11.6. The van der Waals surface area contributed by atoms with Crippen molar-refractivity contribution in [1.29, 1.82) is 0 Å². The standard InChI is InChI=1S/C16H18N2O5S/c1-9-13(8-14(20)22-3)24-16(17-9)18-15(21)10(2)23-12-6-4-11(19)5-7-12/h4-7,10,19H,8H2,1-3H3,(H,17,18,21). The van der Waals surface area contributed by atoms with Gasteiger partial charge in [-0.3, -0.25) is 14.9 Å². The second kappa shape index (κ2) is 7.78. The van der Waals surface area contributed by atoms with Gasteiger partial charge in [0, 0.05) is 4.88 Å². The van der Waals surface area contributed by atoms with Crippen LogP contribution in [0.4, 0.5) is 5.13 Å². The lowest BCUT2D eigenvalue weighted by Crippen LogP contribution is -2.30. The fourth-order valence-electron chi connectivity index (χ4n) is 1.84. The number of carbonyl (C=O) groups is 2. The number of aryl methyl sites for hydroxylation is 1. The Bertz CT molecular complexity index is 727. The molecule has 0 radical (unpaired) electrons. The molecule has 1 unspecified atom stereocenters. The third-order valence-corrected chi connectivity index (χ3v) is 4.25. The van der Waals surface area contributed by atoms with Crippen molar-refractivity contribution in [1.82, 2.24) is 4.98 Å². The molecule has 24 heavy (non-hydrogen) atoms. The Kier molecular flexibility index (Phi) is 5.75. The smallest absolute Gasteiger partial charge is 0.310 e. The first kappa shape index (κ1) is 17.7. The third kappa shape index (κ3) is 4.69. The lowest BCUT2D eigenvalue weighted by atomic mass is 10.3. The van der Waals surface area contributed by atoms with Crippen molar-refractivity contribution in [2.75, 3.05) is 12.4 Å². The van der Waals surface area contributed by atoms with Crippen LogP contribution in [-0.2, 0) is 20.7 Å². The van der Waals surface area contributed by atoms with Gasteiger partial charge in [-0.15, -0.1) is 11.3 Å². The molecular formula is C16H18N2O5S. The molecule has 0 spiro atoms. The molecule has 2 aromatic rings. The van der Waals surface area contributed by atoms with Crippen molar-refractivity contribution in [3.63, 3.8) is 0 Å². The Hall–Kier alpha value is -2.61. The van der Waals surface area contributed by atoms with Crippen LogP contribution >= 0.6 is 11.3 Å². The maximum Gasteiger partial charge on any atom is 0.310 e. The van der Waals surface area contributed by atoms with Crippen LogP contribution in [0.25, 0.3) is 0 Å². The molecule has 2 N–H and O–H groups in total. The molecule has 1 aromatic carbocycles. The molecule has 1 heterocycles. The number of methoxy groups -OCH3 is 1. The number of benzene rings is 1. The topological polar surface area (TPSA) is 97.8 Å². The largest absolute Gasteiger partial charge is 0.508 e. The minimum atomic E-state index is -0.747. The average molecular weight is 350 g/mol. The van der Waals surface area contributed by atoms with Gasteiger partial charge >= 0.3 is 5.97 Å². The van der Waals surface area contributed by atoms with E-state index in [4.69, 9.17) is 4.74 Å². The molecule has 0 bridgehead atoms. The van der Waals surface area contributed by atoms with Crippen LogP contribution in [0, 0.1) is 6.92 Å². The minimum Gasteiger partial charge on any atom is -0.508 e. The minimum absolute atomic E-state index is 0.120. The number of esters is 1. The van der Waals surface area contributed by atoms with E-state index < -0.39 is 6.10 Å².